The maximum atomic E-state index is 4.83. The second kappa shape index (κ2) is 3.66. The van der Waals surface area contributed by atoms with Gasteiger partial charge in [-0.15, -0.1) is 0 Å². The Bertz CT molecular complexity index is 215. The first kappa shape index (κ1) is 9.00. The van der Waals surface area contributed by atoms with Crippen LogP contribution in [-0.2, 0) is 4.84 Å². The maximum absolute atomic E-state index is 4.83. The van der Waals surface area contributed by atoms with Crippen LogP contribution >= 0.6 is 0 Å². The molecule has 0 aromatic heterocycles. The van der Waals surface area contributed by atoms with Gasteiger partial charge in [-0.2, -0.15) is 0 Å². The summed E-state index contributed by atoms with van der Waals surface area (Å²) < 4.78 is 0. The third kappa shape index (κ3) is 1.70. The summed E-state index contributed by atoms with van der Waals surface area (Å²) in [6.45, 7) is 1.26. The number of fused-ring (bicyclic) bond motifs is 1. The number of oxime groups is 1. The van der Waals surface area contributed by atoms with E-state index in [1.165, 1.54) is 25.1 Å². The Balaban J connectivity index is 2.01. The lowest BCUT2D eigenvalue weighted by molar-refractivity contribution is 0.203. The molecule has 2 aliphatic rings. The lowest BCUT2D eigenvalue weighted by atomic mass is 9.84. The first-order chi connectivity index (χ1) is 6.31. The van der Waals surface area contributed by atoms with Crippen molar-refractivity contribution in [3.8, 4) is 0 Å². The van der Waals surface area contributed by atoms with E-state index in [-0.39, 0.29) is 0 Å². The normalized spacial score (nSPS) is 37.8. The van der Waals surface area contributed by atoms with Crippen LogP contribution in [0.3, 0.4) is 0 Å². The molecule has 2 fully saturated rings. The summed E-state index contributed by atoms with van der Waals surface area (Å²) in [4.78, 5) is 7.30. The zero-order valence-corrected chi connectivity index (χ0v) is 8.49. The molecule has 1 aliphatic heterocycles. The van der Waals surface area contributed by atoms with Crippen LogP contribution in [0.2, 0.25) is 0 Å². The molecule has 3 nitrogen and oxygen atoms in total. The molecule has 2 unspecified atom stereocenters. The molecule has 1 aliphatic carbocycles. The van der Waals surface area contributed by atoms with Crippen molar-refractivity contribution in [1.29, 1.82) is 0 Å². The third-order valence-corrected chi connectivity index (χ3v) is 3.43. The van der Waals surface area contributed by atoms with E-state index in [4.69, 9.17) is 4.84 Å². The van der Waals surface area contributed by atoms with Crippen LogP contribution in [0.5, 0.6) is 0 Å². The Labute approximate surface area is 79.7 Å². The molecule has 0 radical (unpaired) electrons. The highest BCUT2D eigenvalue weighted by atomic mass is 16.6. The van der Waals surface area contributed by atoms with Crippen LogP contribution in [0.15, 0.2) is 5.16 Å². The van der Waals surface area contributed by atoms with E-state index in [9.17, 15) is 0 Å². The lowest BCUT2D eigenvalue weighted by Crippen LogP contribution is -2.35. The van der Waals surface area contributed by atoms with Crippen molar-refractivity contribution in [1.82, 2.24) is 4.90 Å². The minimum atomic E-state index is 0.739. The fourth-order valence-electron chi connectivity index (χ4n) is 2.65. The van der Waals surface area contributed by atoms with Gasteiger partial charge in [-0.3, -0.25) is 0 Å². The van der Waals surface area contributed by atoms with Crippen LogP contribution in [0.1, 0.15) is 25.7 Å². The largest absolute Gasteiger partial charge is 0.399 e. The van der Waals surface area contributed by atoms with E-state index >= 15 is 0 Å². The highest BCUT2D eigenvalue weighted by molar-refractivity contribution is 5.85. The van der Waals surface area contributed by atoms with Crippen molar-refractivity contribution in [2.24, 2.45) is 11.1 Å². The quantitative estimate of drug-likeness (QED) is 0.574. The fraction of sp³-hybridized carbons (Fsp3) is 0.900. The summed E-state index contributed by atoms with van der Waals surface area (Å²) in [5.74, 6) is 0.917. The number of likely N-dealkylation sites (tertiary alicyclic amines) is 1. The van der Waals surface area contributed by atoms with Gasteiger partial charge in [0, 0.05) is 12.5 Å². The smallest absolute Gasteiger partial charge is 0.106 e. The van der Waals surface area contributed by atoms with Gasteiger partial charge in [0.25, 0.3) is 0 Å². The summed E-state index contributed by atoms with van der Waals surface area (Å²) >= 11 is 0. The topological polar surface area (TPSA) is 24.8 Å². The van der Waals surface area contributed by atoms with E-state index in [2.05, 4.69) is 17.1 Å². The van der Waals surface area contributed by atoms with Crippen molar-refractivity contribution < 1.29 is 4.84 Å². The molecule has 0 aromatic carbocycles. The summed E-state index contributed by atoms with van der Waals surface area (Å²) in [7, 11) is 3.86. The molecule has 74 valence electrons. The van der Waals surface area contributed by atoms with Crippen molar-refractivity contribution >= 4 is 5.71 Å². The molecule has 2 rings (SSSR count). The summed E-state index contributed by atoms with van der Waals surface area (Å²) in [5.41, 5.74) is 1.25. The first-order valence-electron chi connectivity index (χ1n) is 5.10. The van der Waals surface area contributed by atoms with Crippen molar-refractivity contribution in [2.45, 2.75) is 31.7 Å². The van der Waals surface area contributed by atoms with Gasteiger partial charge in [0.1, 0.15) is 7.11 Å². The minimum Gasteiger partial charge on any atom is -0.399 e. The molecular formula is C10H18N2O. The molecule has 1 saturated carbocycles. The zero-order valence-electron chi connectivity index (χ0n) is 8.49. The average molecular weight is 182 g/mol. The van der Waals surface area contributed by atoms with Crippen LogP contribution in [0.4, 0.5) is 0 Å². The van der Waals surface area contributed by atoms with Gasteiger partial charge in [-0.25, -0.2) is 0 Å². The molecular weight excluding hydrogens is 164 g/mol. The van der Waals surface area contributed by atoms with Gasteiger partial charge >= 0.3 is 0 Å². The second-order valence-electron chi connectivity index (χ2n) is 4.18. The molecule has 0 amide bonds. The van der Waals surface area contributed by atoms with Crippen molar-refractivity contribution in [3.63, 3.8) is 0 Å². The average Bonchev–Trinajstić information content (AvgIpc) is 2.49. The molecule has 0 bridgehead atoms. The Morgan fingerprint density at radius 3 is 3.08 bits per heavy atom. The van der Waals surface area contributed by atoms with E-state index in [1.54, 1.807) is 7.11 Å². The SMILES string of the molecule is CO/N=C1\CCC2CCN(C)C2C1. The standard InChI is InChI=1S/C10H18N2O/c1-12-6-5-8-3-4-9(11-13-2)7-10(8)12/h8,10H,3-7H2,1-2H3/b11-9+. The van der Waals surface area contributed by atoms with Gasteiger partial charge in [-0.05, 0) is 38.8 Å². The number of nitrogens with zero attached hydrogens (tertiary/aromatic N) is 2. The molecule has 2 atom stereocenters. The lowest BCUT2D eigenvalue weighted by Gasteiger charge is -2.29. The molecule has 13 heavy (non-hydrogen) atoms. The minimum absolute atomic E-state index is 0.739. The number of rotatable bonds is 1. The van der Waals surface area contributed by atoms with E-state index in [0.717, 1.165) is 24.8 Å². The van der Waals surface area contributed by atoms with Crippen LogP contribution in [0.25, 0.3) is 0 Å². The molecule has 0 N–H and O–H groups in total. The second-order valence-corrected chi connectivity index (χ2v) is 4.18. The monoisotopic (exact) mass is 182 g/mol. The van der Waals surface area contributed by atoms with Crippen LogP contribution in [0, 0.1) is 5.92 Å². The zero-order chi connectivity index (χ0) is 9.26. The first-order valence-corrected chi connectivity index (χ1v) is 5.10. The summed E-state index contributed by atoms with van der Waals surface area (Å²) in [6.07, 6.45) is 4.94. The third-order valence-electron chi connectivity index (χ3n) is 3.43. The Morgan fingerprint density at radius 2 is 2.31 bits per heavy atom. The van der Waals surface area contributed by atoms with Gasteiger partial charge in [0.15, 0.2) is 0 Å². The maximum Gasteiger partial charge on any atom is 0.106 e. The number of hydrogen-bond acceptors (Lipinski definition) is 3. The van der Waals surface area contributed by atoms with Gasteiger partial charge < -0.3 is 9.74 Å². The summed E-state index contributed by atoms with van der Waals surface area (Å²) in [5, 5.41) is 4.07. The van der Waals surface area contributed by atoms with Crippen LogP contribution < -0.4 is 0 Å². The molecule has 1 saturated heterocycles. The molecule has 0 aromatic rings. The van der Waals surface area contributed by atoms with E-state index in [0.29, 0.717) is 0 Å². The Kier molecular flexibility index (Phi) is 2.54. The Hall–Kier alpha value is -0.570. The molecule has 3 heteroatoms. The van der Waals surface area contributed by atoms with Crippen molar-refractivity contribution in [2.75, 3.05) is 20.7 Å². The molecule has 0 spiro atoms. The van der Waals surface area contributed by atoms with E-state index < -0.39 is 0 Å². The Morgan fingerprint density at radius 1 is 1.46 bits per heavy atom. The highest BCUT2D eigenvalue weighted by Crippen LogP contribution is 2.34. The van der Waals surface area contributed by atoms with Crippen molar-refractivity contribution in [3.05, 3.63) is 0 Å². The van der Waals surface area contributed by atoms with Gasteiger partial charge in [0.05, 0.1) is 5.71 Å². The number of hydrogen-bond donors (Lipinski definition) is 0. The van der Waals surface area contributed by atoms with Crippen LogP contribution in [-0.4, -0.2) is 37.4 Å². The highest BCUT2D eigenvalue weighted by Gasteiger charge is 2.35. The predicted octanol–water partition coefficient (Wildman–Crippen LogP) is 1.49. The van der Waals surface area contributed by atoms with Gasteiger partial charge in [0.2, 0.25) is 0 Å². The predicted molar refractivity (Wildman–Crippen MR) is 52.8 cm³/mol. The summed E-state index contributed by atoms with van der Waals surface area (Å²) in [6, 6.07) is 0.739. The molecule has 1 heterocycles. The van der Waals surface area contributed by atoms with Gasteiger partial charge in [-0.1, -0.05) is 5.16 Å². The fourth-order valence-corrected chi connectivity index (χ4v) is 2.65. The van der Waals surface area contributed by atoms with E-state index in [1.807, 2.05) is 0 Å².